The number of nitrogens with zero attached hydrogens (tertiary/aromatic N) is 3. The average Bonchev–Trinajstić information content (AvgIpc) is 2.74. The summed E-state index contributed by atoms with van der Waals surface area (Å²) < 4.78 is 32.0. The summed E-state index contributed by atoms with van der Waals surface area (Å²) in [6.45, 7) is 3.80. The zero-order chi connectivity index (χ0) is 20.4. The monoisotopic (exact) mass is 416 g/mol. The first-order chi connectivity index (χ1) is 14.0. The van der Waals surface area contributed by atoms with Crippen molar-refractivity contribution in [2.24, 2.45) is 0 Å². The number of ether oxygens (including phenoxy) is 1. The van der Waals surface area contributed by atoms with Gasteiger partial charge in [0.05, 0.1) is 25.0 Å². The molecule has 9 heteroatoms. The molecule has 0 bridgehead atoms. The topological polar surface area (TPSA) is 82.2 Å². The fourth-order valence-electron chi connectivity index (χ4n) is 3.76. The Labute approximate surface area is 170 Å². The second-order valence-electron chi connectivity index (χ2n) is 7.00. The summed E-state index contributed by atoms with van der Waals surface area (Å²) in [5.74, 6) is 0.843. The van der Waals surface area contributed by atoms with Crippen LogP contribution in [0.1, 0.15) is 0 Å². The van der Waals surface area contributed by atoms with Crippen LogP contribution in [0, 0.1) is 0 Å². The van der Waals surface area contributed by atoms with Crippen LogP contribution < -0.4 is 15.0 Å². The molecule has 1 N–H and O–H groups in total. The highest BCUT2D eigenvalue weighted by atomic mass is 32.2. The molecule has 1 saturated heterocycles. The minimum absolute atomic E-state index is 0.122. The largest absolute Gasteiger partial charge is 0.495 e. The van der Waals surface area contributed by atoms with Crippen LogP contribution in [0.15, 0.2) is 53.4 Å². The van der Waals surface area contributed by atoms with Gasteiger partial charge in [0.15, 0.2) is 0 Å². The second kappa shape index (κ2) is 7.92. The lowest BCUT2D eigenvalue weighted by atomic mass is 10.2. The van der Waals surface area contributed by atoms with Gasteiger partial charge in [-0.15, -0.1) is 0 Å². The van der Waals surface area contributed by atoms with E-state index in [0.717, 1.165) is 41.9 Å². The smallest absolute Gasteiger partial charge is 0.335 e. The molecule has 1 fully saturated rings. The first kappa shape index (κ1) is 19.5. The van der Waals surface area contributed by atoms with Crippen molar-refractivity contribution in [1.82, 2.24) is 9.21 Å². The Kier molecular flexibility index (Phi) is 5.33. The van der Waals surface area contributed by atoms with Crippen molar-refractivity contribution >= 4 is 27.4 Å². The van der Waals surface area contributed by atoms with E-state index < -0.39 is 16.1 Å². The molecular weight excluding hydrogens is 392 g/mol. The molecule has 154 valence electrons. The number of carbonyl (C=O) groups is 1. The third kappa shape index (κ3) is 3.75. The van der Waals surface area contributed by atoms with Crippen LogP contribution in [-0.2, 0) is 10.0 Å². The van der Waals surface area contributed by atoms with Crippen LogP contribution in [0.3, 0.4) is 0 Å². The first-order valence-corrected chi connectivity index (χ1v) is 11.0. The molecule has 8 nitrogen and oxygen atoms in total. The Bertz CT molecular complexity index is 1000. The third-order valence-corrected chi connectivity index (χ3v) is 7.18. The molecule has 29 heavy (non-hydrogen) atoms. The van der Waals surface area contributed by atoms with E-state index in [1.807, 2.05) is 24.3 Å². The Morgan fingerprint density at radius 2 is 1.66 bits per heavy atom. The Morgan fingerprint density at radius 1 is 0.966 bits per heavy atom. The highest BCUT2D eigenvalue weighted by Crippen LogP contribution is 2.30. The molecular formula is C20H24N4O4S. The maximum Gasteiger partial charge on any atom is 0.335 e. The van der Waals surface area contributed by atoms with Gasteiger partial charge in [0.2, 0.25) is 0 Å². The van der Waals surface area contributed by atoms with Gasteiger partial charge in [-0.3, -0.25) is 4.90 Å². The third-order valence-electron chi connectivity index (χ3n) is 5.34. The molecule has 0 aliphatic carbocycles. The number of piperazine rings is 1. The fourth-order valence-corrected chi connectivity index (χ4v) is 5.23. The predicted octanol–water partition coefficient (Wildman–Crippen LogP) is 2.05. The molecule has 0 saturated carbocycles. The van der Waals surface area contributed by atoms with Gasteiger partial charge < -0.3 is 15.0 Å². The fraction of sp³-hybridized carbons (Fsp3) is 0.350. The number of benzene rings is 2. The highest BCUT2D eigenvalue weighted by molar-refractivity contribution is 7.90. The summed E-state index contributed by atoms with van der Waals surface area (Å²) in [6.07, 6.45) is 0. The zero-order valence-electron chi connectivity index (χ0n) is 16.2. The number of hydrogen-bond acceptors (Lipinski definition) is 6. The minimum Gasteiger partial charge on any atom is -0.495 e. The molecule has 0 spiro atoms. The van der Waals surface area contributed by atoms with Crippen LogP contribution >= 0.6 is 0 Å². The van der Waals surface area contributed by atoms with Crippen molar-refractivity contribution in [2.75, 3.05) is 56.6 Å². The second-order valence-corrected chi connectivity index (χ2v) is 8.83. The van der Waals surface area contributed by atoms with Gasteiger partial charge >= 0.3 is 6.03 Å². The number of amides is 2. The lowest BCUT2D eigenvalue weighted by Crippen LogP contribution is -2.51. The van der Waals surface area contributed by atoms with E-state index in [-0.39, 0.29) is 11.4 Å². The molecule has 2 aromatic rings. The summed E-state index contributed by atoms with van der Waals surface area (Å²) in [4.78, 5) is 16.9. The van der Waals surface area contributed by atoms with Gasteiger partial charge in [0, 0.05) is 32.7 Å². The predicted molar refractivity (Wildman–Crippen MR) is 111 cm³/mol. The van der Waals surface area contributed by atoms with E-state index in [4.69, 9.17) is 4.74 Å². The van der Waals surface area contributed by atoms with Gasteiger partial charge in [-0.05, 0) is 24.3 Å². The lowest BCUT2D eigenvalue weighted by Gasteiger charge is -2.37. The summed E-state index contributed by atoms with van der Waals surface area (Å²) in [6, 6.07) is 13.8. The summed E-state index contributed by atoms with van der Waals surface area (Å²) >= 11 is 0. The number of hydrogen-bond donors (Lipinski definition) is 1. The minimum atomic E-state index is -3.83. The van der Waals surface area contributed by atoms with E-state index >= 15 is 0 Å². The maximum absolute atomic E-state index is 12.8. The van der Waals surface area contributed by atoms with Gasteiger partial charge in [-0.1, -0.05) is 24.3 Å². The van der Waals surface area contributed by atoms with Crippen LogP contribution in [0.2, 0.25) is 0 Å². The van der Waals surface area contributed by atoms with Crippen molar-refractivity contribution in [1.29, 1.82) is 0 Å². The molecule has 2 aliphatic rings. The Hall–Kier alpha value is -2.78. The van der Waals surface area contributed by atoms with Gasteiger partial charge in [0.25, 0.3) is 10.0 Å². The number of nitrogens with one attached hydrogen (secondary N) is 1. The number of sulfonamides is 1. The molecule has 2 heterocycles. The number of urea groups is 1. The summed E-state index contributed by atoms with van der Waals surface area (Å²) in [5, 5.41) is 2.66. The molecule has 2 amide bonds. The van der Waals surface area contributed by atoms with E-state index in [1.165, 1.54) is 6.07 Å². The zero-order valence-corrected chi connectivity index (χ0v) is 17.1. The van der Waals surface area contributed by atoms with Crippen LogP contribution in [0.25, 0.3) is 0 Å². The van der Waals surface area contributed by atoms with Crippen molar-refractivity contribution in [3.8, 4) is 5.75 Å². The molecule has 2 aliphatic heterocycles. The van der Waals surface area contributed by atoms with Gasteiger partial charge in [0.1, 0.15) is 10.6 Å². The van der Waals surface area contributed by atoms with Gasteiger partial charge in [-0.25, -0.2) is 17.5 Å². The lowest BCUT2D eigenvalue weighted by molar-refractivity contribution is 0.217. The average molecular weight is 417 g/mol. The van der Waals surface area contributed by atoms with Crippen molar-refractivity contribution < 1.29 is 17.9 Å². The number of rotatable bonds is 5. The molecule has 0 unspecified atom stereocenters. The molecule has 0 atom stereocenters. The van der Waals surface area contributed by atoms with Crippen LogP contribution in [-0.4, -0.2) is 70.0 Å². The highest BCUT2D eigenvalue weighted by Gasteiger charge is 2.36. The van der Waals surface area contributed by atoms with Crippen LogP contribution in [0.4, 0.5) is 16.2 Å². The first-order valence-electron chi connectivity index (χ1n) is 9.54. The van der Waals surface area contributed by atoms with Crippen molar-refractivity contribution in [3.05, 3.63) is 48.5 Å². The maximum atomic E-state index is 12.8. The summed E-state index contributed by atoms with van der Waals surface area (Å²) in [7, 11) is -2.16. The van der Waals surface area contributed by atoms with E-state index in [2.05, 4.69) is 15.1 Å². The van der Waals surface area contributed by atoms with Crippen LogP contribution in [0.5, 0.6) is 5.75 Å². The number of fused-ring (bicyclic) bond motifs is 1. The Morgan fingerprint density at radius 3 is 2.41 bits per heavy atom. The molecule has 2 aromatic carbocycles. The number of anilines is 2. The SMILES string of the molecule is COc1ccccc1N1CCN(CCN2C(=O)Nc3ccccc3S2(=O)=O)CC1. The van der Waals surface area contributed by atoms with E-state index in [1.54, 1.807) is 25.3 Å². The van der Waals surface area contributed by atoms with Crippen molar-refractivity contribution in [3.63, 3.8) is 0 Å². The number of methoxy groups -OCH3 is 1. The summed E-state index contributed by atoms with van der Waals surface area (Å²) in [5.41, 5.74) is 1.39. The van der Waals surface area contributed by atoms with E-state index in [0.29, 0.717) is 12.2 Å². The quantitative estimate of drug-likeness (QED) is 0.804. The van der Waals surface area contributed by atoms with Crippen molar-refractivity contribution in [2.45, 2.75) is 4.90 Å². The Balaban J connectivity index is 1.38. The normalized spacial score (nSPS) is 18.9. The number of para-hydroxylation sites is 3. The molecule has 4 rings (SSSR count). The molecule has 0 aromatic heterocycles. The van der Waals surface area contributed by atoms with E-state index in [9.17, 15) is 13.2 Å². The number of carbonyl (C=O) groups excluding carboxylic acids is 1. The standard InChI is InChI=1S/C20H24N4O4S/c1-28-18-8-4-3-7-17(18)23-13-10-22(11-14-23)12-15-24-20(25)21-16-6-2-5-9-19(16)29(24,26)27/h2-9H,10-15H2,1H3,(H,21,25). The molecule has 0 radical (unpaired) electrons. The van der Waals surface area contributed by atoms with Gasteiger partial charge in [-0.2, -0.15) is 0 Å².